The van der Waals surface area contributed by atoms with E-state index in [4.69, 9.17) is 0 Å². The lowest BCUT2D eigenvalue weighted by Crippen LogP contribution is -2.47. The fourth-order valence-corrected chi connectivity index (χ4v) is 4.73. The van der Waals surface area contributed by atoms with Crippen LogP contribution in [0.1, 0.15) is 25.3 Å². The lowest BCUT2D eigenvalue weighted by molar-refractivity contribution is -0.121. The molecule has 8 heteroatoms. The third-order valence-electron chi connectivity index (χ3n) is 6.60. The van der Waals surface area contributed by atoms with Crippen LogP contribution in [-0.4, -0.2) is 70.7 Å². The molecule has 1 aliphatic heterocycles. The van der Waals surface area contributed by atoms with Gasteiger partial charge in [-0.15, -0.1) is 0 Å². The molecule has 0 saturated carbocycles. The molecule has 8 nitrogen and oxygen atoms in total. The Kier molecular flexibility index (Phi) is 8.50. The Bertz CT molecular complexity index is 1240. The Morgan fingerprint density at radius 1 is 0.800 bits per heavy atom. The quantitative estimate of drug-likeness (QED) is 0.356. The number of nitrogens with zero attached hydrogens (tertiary/aromatic N) is 4. The fourth-order valence-electron chi connectivity index (χ4n) is 4.73. The van der Waals surface area contributed by atoms with E-state index in [1.54, 1.807) is 6.07 Å². The molecule has 0 radical (unpaired) electrons. The molecule has 1 amide bonds. The second-order valence-electron chi connectivity index (χ2n) is 9.14. The maximum atomic E-state index is 13.0. The molecule has 1 fully saturated rings. The Morgan fingerprint density at radius 2 is 1.37 bits per heavy atom. The molecule has 0 spiro atoms. The summed E-state index contributed by atoms with van der Waals surface area (Å²) in [5, 5.41) is 2.92. The number of rotatable bonds is 10. The first-order valence-electron chi connectivity index (χ1n) is 12.5. The lowest BCUT2D eigenvalue weighted by Gasteiger charge is -2.34. The first-order chi connectivity index (χ1) is 17.1. The maximum absolute atomic E-state index is 13.0. The molecule has 0 bridgehead atoms. The van der Waals surface area contributed by atoms with Crippen molar-refractivity contribution in [1.82, 2.24) is 24.3 Å². The van der Waals surface area contributed by atoms with Crippen LogP contribution in [0.4, 0.5) is 0 Å². The first-order valence-corrected chi connectivity index (χ1v) is 12.5. The van der Waals surface area contributed by atoms with Crippen molar-refractivity contribution in [2.24, 2.45) is 0 Å². The first kappa shape index (κ1) is 24.9. The zero-order valence-electron chi connectivity index (χ0n) is 20.5. The van der Waals surface area contributed by atoms with Gasteiger partial charge in [-0.25, -0.2) is 0 Å². The topological polar surface area (TPSA) is 79.6 Å². The zero-order valence-corrected chi connectivity index (χ0v) is 20.5. The van der Waals surface area contributed by atoms with Gasteiger partial charge >= 0.3 is 11.1 Å². The number of hydrogen-bond acceptors (Lipinski definition) is 5. The van der Waals surface area contributed by atoms with Crippen molar-refractivity contribution in [3.05, 3.63) is 80.9 Å². The highest BCUT2D eigenvalue weighted by molar-refractivity contribution is 5.80. The van der Waals surface area contributed by atoms with Crippen molar-refractivity contribution >= 4 is 16.9 Å². The monoisotopic (exact) mass is 477 g/mol. The van der Waals surface area contributed by atoms with E-state index in [1.807, 2.05) is 48.5 Å². The van der Waals surface area contributed by atoms with E-state index in [2.05, 4.69) is 22.0 Å². The molecule has 35 heavy (non-hydrogen) atoms. The van der Waals surface area contributed by atoms with E-state index in [0.717, 1.165) is 51.3 Å². The summed E-state index contributed by atoms with van der Waals surface area (Å²) in [5.41, 5.74) is 0.841. The molecule has 1 N–H and O–H groups in total. The number of amides is 1. The number of benzene rings is 2. The molecule has 0 atom stereocenters. The van der Waals surface area contributed by atoms with Crippen LogP contribution in [-0.2, 0) is 17.9 Å². The van der Waals surface area contributed by atoms with Gasteiger partial charge in [-0.1, -0.05) is 49.4 Å². The molecule has 1 saturated heterocycles. The van der Waals surface area contributed by atoms with E-state index in [-0.39, 0.29) is 12.5 Å². The predicted molar refractivity (Wildman–Crippen MR) is 139 cm³/mol. The SMILES string of the molecule is CCCN1CCN(CCCNC(=O)Cn2c(=O)c(=O)n(Cc3ccccc3)c3ccccc32)CC1. The summed E-state index contributed by atoms with van der Waals surface area (Å²) < 4.78 is 2.78. The van der Waals surface area contributed by atoms with Crippen molar-refractivity contribution in [1.29, 1.82) is 0 Å². The van der Waals surface area contributed by atoms with Gasteiger partial charge in [0.25, 0.3) is 0 Å². The van der Waals surface area contributed by atoms with Crippen LogP contribution in [0.2, 0.25) is 0 Å². The number of fused-ring (bicyclic) bond motifs is 1. The van der Waals surface area contributed by atoms with E-state index in [1.165, 1.54) is 15.6 Å². The molecule has 2 aromatic carbocycles. The molecule has 186 valence electrons. The van der Waals surface area contributed by atoms with Crippen LogP contribution in [0.25, 0.3) is 11.0 Å². The summed E-state index contributed by atoms with van der Waals surface area (Å²) in [7, 11) is 0. The van der Waals surface area contributed by atoms with Gasteiger partial charge in [0.05, 0.1) is 17.6 Å². The van der Waals surface area contributed by atoms with Crippen LogP contribution in [0.15, 0.2) is 64.2 Å². The molecule has 1 aromatic heterocycles. The van der Waals surface area contributed by atoms with Crippen LogP contribution in [0.5, 0.6) is 0 Å². The van der Waals surface area contributed by atoms with Gasteiger partial charge in [-0.3, -0.25) is 23.5 Å². The molecule has 0 unspecified atom stereocenters. The molecular weight excluding hydrogens is 442 g/mol. The molecule has 0 aliphatic carbocycles. The highest BCUT2D eigenvalue weighted by Crippen LogP contribution is 2.12. The van der Waals surface area contributed by atoms with Gasteiger partial charge in [0.2, 0.25) is 5.91 Å². The average Bonchev–Trinajstić information content (AvgIpc) is 2.89. The van der Waals surface area contributed by atoms with Gasteiger partial charge in [0.15, 0.2) is 0 Å². The van der Waals surface area contributed by atoms with E-state index >= 15 is 0 Å². The second-order valence-corrected chi connectivity index (χ2v) is 9.14. The van der Waals surface area contributed by atoms with Gasteiger partial charge in [-0.2, -0.15) is 0 Å². The van der Waals surface area contributed by atoms with Gasteiger partial charge in [0.1, 0.15) is 6.54 Å². The molecule has 4 rings (SSSR count). The summed E-state index contributed by atoms with van der Waals surface area (Å²) in [6.45, 7) is 9.33. The summed E-state index contributed by atoms with van der Waals surface area (Å²) in [5.74, 6) is -0.259. The van der Waals surface area contributed by atoms with Crippen molar-refractivity contribution in [3.8, 4) is 0 Å². The Hall–Kier alpha value is -3.23. The summed E-state index contributed by atoms with van der Waals surface area (Å²) in [4.78, 5) is 43.5. The fraction of sp³-hybridized carbons (Fsp3) is 0.444. The van der Waals surface area contributed by atoms with Crippen molar-refractivity contribution in [2.45, 2.75) is 32.9 Å². The van der Waals surface area contributed by atoms with Crippen molar-refractivity contribution < 1.29 is 4.79 Å². The minimum absolute atomic E-state index is 0.170. The molecule has 2 heterocycles. The highest BCUT2D eigenvalue weighted by Gasteiger charge is 2.17. The minimum Gasteiger partial charge on any atom is -0.355 e. The lowest BCUT2D eigenvalue weighted by atomic mass is 10.2. The number of carbonyl (C=O) groups excluding carboxylic acids is 1. The number of aromatic nitrogens is 2. The van der Waals surface area contributed by atoms with Gasteiger partial charge in [0, 0.05) is 32.7 Å². The third kappa shape index (κ3) is 6.26. The average molecular weight is 478 g/mol. The summed E-state index contributed by atoms with van der Waals surface area (Å²) in [6, 6.07) is 16.8. The zero-order chi connectivity index (χ0) is 24.6. The normalized spacial score (nSPS) is 14.9. The minimum atomic E-state index is -0.681. The van der Waals surface area contributed by atoms with Crippen molar-refractivity contribution in [2.75, 3.05) is 45.8 Å². The number of para-hydroxylation sites is 2. The standard InChI is InChI=1S/C27H35N5O3/c1-2-14-29-16-18-30(19-17-29)15-8-13-28-25(33)21-32-24-12-7-6-11-23(24)31(26(34)27(32)35)20-22-9-4-3-5-10-22/h3-7,9-12H,2,8,13-21H2,1H3,(H,28,33). The Labute approximate surface area is 205 Å². The molecule has 1 aliphatic rings. The van der Waals surface area contributed by atoms with Gasteiger partial charge in [-0.05, 0) is 43.6 Å². The van der Waals surface area contributed by atoms with Gasteiger partial charge < -0.3 is 15.1 Å². The summed E-state index contributed by atoms with van der Waals surface area (Å²) in [6.07, 6.45) is 2.04. The van der Waals surface area contributed by atoms with Crippen LogP contribution < -0.4 is 16.4 Å². The van der Waals surface area contributed by atoms with Crippen LogP contribution in [0, 0.1) is 0 Å². The third-order valence-corrected chi connectivity index (χ3v) is 6.60. The second kappa shape index (κ2) is 12.0. The molecule has 3 aromatic rings. The highest BCUT2D eigenvalue weighted by atomic mass is 16.2. The number of piperazine rings is 1. The maximum Gasteiger partial charge on any atom is 0.317 e. The largest absolute Gasteiger partial charge is 0.355 e. The number of hydrogen-bond donors (Lipinski definition) is 1. The van der Waals surface area contributed by atoms with E-state index in [0.29, 0.717) is 24.1 Å². The van der Waals surface area contributed by atoms with Crippen LogP contribution >= 0.6 is 0 Å². The molecular formula is C27H35N5O3. The number of carbonyl (C=O) groups is 1. The Balaban J connectivity index is 1.38. The Morgan fingerprint density at radius 3 is 2.03 bits per heavy atom. The van der Waals surface area contributed by atoms with E-state index < -0.39 is 11.1 Å². The van der Waals surface area contributed by atoms with Crippen LogP contribution in [0.3, 0.4) is 0 Å². The van der Waals surface area contributed by atoms with Crippen molar-refractivity contribution in [3.63, 3.8) is 0 Å². The summed E-state index contributed by atoms with van der Waals surface area (Å²) >= 11 is 0. The van der Waals surface area contributed by atoms with E-state index in [9.17, 15) is 14.4 Å². The number of nitrogens with one attached hydrogen (secondary N) is 1. The predicted octanol–water partition coefficient (Wildman–Crippen LogP) is 1.75. The smallest absolute Gasteiger partial charge is 0.317 e.